The van der Waals surface area contributed by atoms with Crippen molar-refractivity contribution < 1.29 is 9.53 Å². The van der Waals surface area contributed by atoms with E-state index in [0.29, 0.717) is 12.2 Å². The zero-order valence-corrected chi connectivity index (χ0v) is 5.61. The zero-order chi connectivity index (χ0) is 6.69. The number of thioether (sulfide) groups is 1. The van der Waals surface area contributed by atoms with E-state index in [9.17, 15) is 4.79 Å². The Morgan fingerprint density at radius 2 is 2.67 bits per heavy atom. The zero-order valence-electron chi connectivity index (χ0n) is 4.79. The average molecular weight is 142 g/mol. The summed E-state index contributed by atoms with van der Waals surface area (Å²) in [5.74, 6) is 1.43. The molecule has 0 aromatic heterocycles. The Morgan fingerprint density at radius 3 is 3.11 bits per heavy atom. The monoisotopic (exact) mass is 142 g/mol. The quantitative estimate of drug-likeness (QED) is 0.544. The number of allylic oxidation sites excluding steroid dienone is 1. The molecule has 0 aromatic rings. The second-order valence-corrected chi connectivity index (χ2v) is 2.68. The maximum atomic E-state index is 9.77. The van der Waals surface area contributed by atoms with E-state index in [4.69, 9.17) is 0 Å². The molecule has 1 aliphatic heterocycles. The van der Waals surface area contributed by atoms with E-state index in [1.54, 1.807) is 17.8 Å². The lowest BCUT2D eigenvalue weighted by Crippen LogP contribution is -1.86. The van der Waals surface area contributed by atoms with Gasteiger partial charge < -0.3 is 4.74 Å². The van der Waals surface area contributed by atoms with E-state index in [-0.39, 0.29) is 0 Å². The molecule has 0 amide bonds. The van der Waals surface area contributed by atoms with Crippen molar-refractivity contribution in [1.29, 1.82) is 0 Å². The van der Waals surface area contributed by atoms with Gasteiger partial charge in [-0.3, -0.25) is 4.79 Å². The molecule has 48 valence electrons. The van der Waals surface area contributed by atoms with Gasteiger partial charge in [-0.15, -0.1) is 11.8 Å². The van der Waals surface area contributed by atoms with Crippen LogP contribution in [0.2, 0.25) is 0 Å². The number of ether oxygens (including phenoxy) is 1. The fourth-order valence-corrected chi connectivity index (χ4v) is 1.25. The second kappa shape index (κ2) is 2.73. The standard InChI is InChI=1S/C6H6O2S/c1-5-2-6(3-9-5)8-4-7/h2,4H,1,3H2. The fourth-order valence-electron chi connectivity index (χ4n) is 0.557. The van der Waals surface area contributed by atoms with Gasteiger partial charge in [0.1, 0.15) is 5.76 Å². The molecule has 0 radical (unpaired) electrons. The summed E-state index contributed by atoms with van der Waals surface area (Å²) in [4.78, 5) is 10.7. The lowest BCUT2D eigenvalue weighted by atomic mass is 10.5. The third-order valence-corrected chi connectivity index (χ3v) is 1.84. The molecule has 0 aliphatic carbocycles. The molecule has 0 fully saturated rings. The second-order valence-electron chi connectivity index (χ2n) is 1.58. The molecule has 0 unspecified atom stereocenters. The van der Waals surface area contributed by atoms with Crippen LogP contribution >= 0.6 is 11.8 Å². The number of rotatable bonds is 2. The van der Waals surface area contributed by atoms with E-state index in [0.717, 1.165) is 10.7 Å². The van der Waals surface area contributed by atoms with Gasteiger partial charge >= 0.3 is 0 Å². The van der Waals surface area contributed by atoms with Crippen LogP contribution < -0.4 is 0 Å². The van der Waals surface area contributed by atoms with Crippen molar-refractivity contribution in [2.24, 2.45) is 0 Å². The highest BCUT2D eigenvalue weighted by molar-refractivity contribution is 8.03. The molecule has 0 saturated heterocycles. The van der Waals surface area contributed by atoms with Gasteiger partial charge in [0, 0.05) is 4.91 Å². The Hall–Kier alpha value is -0.700. The maximum Gasteiger partial charge on any atom is 0.298 e. The summed E-state index contributed by atoms with van der Waals surface area (Å²) in [7, 11) is 0. The minimum Gasteiger partial charge on any atom is -0.432 e. The Labute approximate surface area is 57.6 Å². The van der Waals surface area contributed by atoms with Gasteiger partial charge in [-0.05, 0) is 6.08 Å². The summed E-state index contributed by atoms with van der Waals surface area (Å²) >= 11 is 1.57. The van der Waals surface area contributed by atoms with Gasteiger partial charge in [0.25, 0.3) is 6.47 Å². The summed E-state index contributed by atoms with van der Waals surface area (Å²) in [6.45, 7) is 4.11. The molecule has 0 saturated carbocycles. The molecule has 0 aromatic carbocycles. The highest BCUT2D eigenvalue weighted by Crippen LogP contribution is 2.26. The minimum atomic E-state index is 0.436. The Balaban J connectivity index is 2.51. The highest BCUT2D eigenvalue weighted by Gasteiger charge is 2.07. The van der Waals surface area contributed by atoms with Crippen molar-refractivity contribution in [2.75, 3.05) is 5.75 Å². The largest absolute Gasteiger partial charge is 0.432 e. The van der Waals surface area contributed by atoms with Crippen LogP contribution in [0.15, 0.2) is 23.3 Å². The van der Waals surface area contributed by atoms with E-state index in [2.05, 4.69) is 11.3 Å². The minimum absolute atomic E-state index is 0.436. The summed E-state index contributed by atoms with van der Waals surface area (Å²) in [5, 5.41) is 0. The first-order valence-corrected chi connectivity index (χ1v) is 3.44. The maximum absolute atomic E-state index is 9.77. The van der Waals surface area contributed by atoms with Crippen LogP contribution in [0.4, 0.5) is 0 Å². The van der Waals surface area contributed by atoms with Gasteiger partial charge in [-0.2, -0.15) is 0 Å². The molecular weight excluding hydrogens is 136 g/mol. The number of hydrogen-bond donors (Lipinski definition) is 0. The van der Waals surface area contributed by atoms with Crippen molar-refractivity contribution in [1.82, 2.24) is 0 Å². The molecule has 9 heavy (non-hydrogen) atoms. The third-order valence-electron chi connectivity index (χ3n) is 0.921. The number of hydrogen-bond acceptors (Lipinski definition) is 3. The van der Waals surface area contributed by atoms with Crippen LogP contribution in [0.3, 0.4) is 0 Å². The molecule has 0 N–H and O–H groups in total. The number of carbonyl (C=O) groups excluding carboxylic acids is 1. The molecule has 1 rings (SSSR count). The van der Waals surface area contributed by atoms with Crippen molar-refractivity contribution in [3.63, 3.8) is 0 Å². The third kappa shape index (κ3) is 1.61. The molecule has 3 heteroatoms. The van der Waals surface area contributed by atoms with Gasteiger partial charge in [-0.1, -0.05) is 6.58 Å². The van der Waals surface area contributed by atoms with Crippen LogP contribution in [-0.2, 0) is 9.53 Å². The van der Waals surface area contributed by atoms with Crippen LogP contribution in [-0.4, -0.2) is 12.2 Å². The van der Waals surface area contributed by atoms with Crippen LogP contribution in [0, 0.1) is 0 Å². The first-order chi connectivity index (χ1) is 4.33. The highest BCUT2D eigenvalue weighted by atomic mass is 32.2. The summed E-state index contributed by atoms with van der Waals surface area (Å²) < 4.78 is 4.57. The normalized spacial score (nSPS) is 17.3. The molecule has 1 aliphatic rings. The van der Waals surface area contributed by atoms with Crippen molar-refractivity contribution in [3.05, 3.63) is 23.3 Å². The van der Waals surface area contributed by atoms with Crippen molar-refractivity contribution in [3.8, 4) is 0 Å². The van der Waals surface area contributed by atoms with Gasteiger partial charge in [0.2, 0.25) is 0 Å². The van der Waals surface area contributed by atoms with E-state index >= 15 is 0 Å². The Kier molecular flexibility index (Phi) is 1.95. The number of carbonyl (C=O) groups is 1. The lowest BCUT2D eigenvalue weighted by Gasteiger charge is -1.91. The predicted molar refractivity (Wildman–Crippen MR) is 36.8 cm³/mol. The SMILES string of the molecule is C=C1C=C(OC=O)CS1. The van der Waals surface area contributed by atoms with Crippen LogP contribution in [0.25, 0.3) is 0 Å². The van der Waals surface area contributed by atoms with E-state index < -0.39 is 0 Å². The smallest absolute Gasteiger partial charge is 0.298 e. The summed E-state index contributed by atoms with van der Waals surface area (Å²) in [6.07, 6.45) is 1.76. The van der Waals surface area contributed by atoms with Crippen molar-refractivity contribution >= 4 is 18.2 Å². The van der Waals surface area contributed by atoms with E-state index in [1.807, 2.05) is 0 Å². The van der Waals surface area contributed by atoms with E-state index in [1.165, 1.54) is 0 Å². The molecule has 0 bridgehead atoms. The summed E-state index contributed by atoms with van der Waals surface area (Å²) in [6, 6.07) is 0. The molecule has 0 spiro atoms. The summed E-state index contributed by atoms with van der Waals surface area (Å²) in [5.41, 5.74) is 0. The fraction of sp³-hybridized carbons (Fsp3) is 0.167. The molecular formula is C6H6O2S. The predicted octanol–water partition coefficient (Wildman–Crippen LogP) is 1.30. The average Bonchev–Trinajstić information content (AvgIpc) is 2.17. The molecule has 1 heterocycles. The lowest BCUT2D eigenvalue weighted by molar-refractivity contribution is -0.124. The van der Waals surface area contributed by atoms with Gasteiger partial charge in [0.05, 0.1) is 5.75 Å². The van der Waals surface area contributed by atoms with Crippen molar-refractivity contribution in [2.45, 2.75) is 0 Å². The Bertz CT molecular complexity index is 172. The Morgan fingerprint density at radius 1 is 1.89 bits per heavy atom. The van der Waals surface area contributed by atoms with Crippen LogP contribution in [0.5, 0.6) is 0 Å². The first kappa shape index (κ1) is 6.42. The topological polar surface area (TPSA) is 26.3 Å². The molecule has 2 nitrogen and oxygen atoms in total. The molecule has 0 atom stereocenters. The van der Waals surface area contributed by atoms with Crippen LogP contribution in [0.1, 0.15) is 0 Å². The van der Waals surface area contributed by atoms with Gasteiger partial charge in [0.15, 0.2) is 0 Å². The van der Waals surface area contributed by atoms with Gasteiger partial charge in [-0.25, -0.2) is 0 Å². The first-order valence-electron chi connectivity index (χ1n) is 2.45.